The number of aromatic amines is 1. The third-order valence-corrected chi connectivity index (χ3v) is 2.49. The Bertz CT molecular complexity index is 452. The summed E-state index contributed by atoms with van der Waals surface area (Å²) >= 11 is 0. The van der Waals surface area contributed by atoms with Crippen molar-refractivity contribution in [2.45, 2.75) is 12.2 Å². The first-order valence-corrected chi connectivity index (χ1v) is 4.77. The van der Waals surface area contributed by atoms with E-state index in [1.807, 2.05) is 24.3 Å². The molecule has 2 unspecified atom stereocenters. The molecule has 0 fully saturated rings. The Balaban J connectivity index is 2.43. The van der Waals surface area contributed by atoms with E-state index >= 15 is 0 Å². The van der Waals surface area contributed by atoms with Crippen molar-refractivity contribution in [2.75, 3.05) is 6.61 Å². The summed E-state index contributed by atoms with van der Waals surface area (Å²) in [4.78, 5) is 3.00. The van der Waals surface area contributed by atoms with Crippen molar-refractivity contribution in [3.63, 3.8) is 0 Å². The van der Waals surface area contributed by atoms with Crippen LogP contribution >= 0.6 is 0 Å². The average molecular weight is 207 g/mol. The molecule has 4 nitrogen and oxygen atoms in total. The molecule has 0 aliphatic rings. The zero-order valence-electron chi connectivity index (χ0n) is 8.09. The highest BCUT2D eigenvalue weighted by molar-refractivity contribution is 5.83. The lowest BCUT2D eigenvalue weighted by molar-refractivity contribution is -0.0145. The van der Waals surface area contributed by atoms with Crippen molar-refractivity contribution in [2.24, 2.45) is 0 Å². The van der Waals surface area contributed by atoms with E-state index in [9.17, 15) is 10.2 Å². The minimum atomic E-state index is -1.15. The van der Waals surface area contributed by atoms with E-state index in [0.717, 1.165) is 10.9 Å². The predicted octanol–water partition coefficient (Wildman–Crippen LogP) is 0.555. The molecule has 0 bridgehead atoms. The number of nitrogens with one attached hydrogen (secondary N) is 1. The minimum absolute atomic E-state index is 0.458. The molecule has 0 saturated heterocycles. The third-order valence-electron chi connectivity index (χ3n) is 2.49. The van der Waals surface area contributed by atoms with Crippen LogP contribution in [0, 0.1) is 0 Å². The highest BCUT2D eigenvalue weighted by Gasteiger charge is 2.20. The molecule has 4 heteroatoms. The smallest absolute Gasteiger partial charge is 0.109 e. The molecule has 0 spiro atoms. The second-order valence-corrected chi connectivity index (χ2v) is 3.48. The van der Waals surface area contributed by atoms with Gasteiger partial charge in [-0.2, -0.15) is 0 Å². The second-order valence-electron chi connectivity index (χ2n) is 3.48. The van der Waals surface area contributed by atoms with Gasteiger partial charge in [0.2, 0.25) is 0 Å². The van der Waals surface area contributed by atoms with E-state index in [1.54, 1.807) is 6.20 Å². The largest absolute Gasteiger partial charge is 0.394 e. The number of aliphatic hydroxyl groups excluding tert-OH is 3. The molecule has 0 amide bonds. The van der Waals surface area contributed by atoms with Gasteiger partial charge in [-0.05, 0) is 6.07 Å². The maximum absolute atomic E-state index is 9.75. The Morgan fingerprint density at radius 3 is 2.67 bits per heavy atom. The number of hydrogen-bond donors (Lipinski definition) is 4. The van der Waals surface area contributed by atoms with Crippen molar-refractivity contribution >= 4 is 10.9 Å². The Labute approximate surface area is 86.8 Å². The molecule has 0 saturated carbocycles. The SMILES string of the molecule is OCC(O)C(O)c1c[nH]c2ccccc12. The fourth-order valence-corrected chi connectivity index (χ4v) is 1.65. The van der Waals surface area contributed by atoms with E-state index < -0.39 is 18.8 Å². The maximum Gasteiger partial charge on any atom is 0.109 e. The molecule has 15 heavy (non-hydrogen) atoms. The lowest BCUT2D eigenvalue weighted by Crippen LogP contribution is -2.21. The van der Waals surface area contributed by atoms with Crippen LogP contribution in [0.1, 0.15) is 11.7 Å². The number of benzene rings is 1. The average Bonchev–Trinajstić information content (AvgIpc) is 2.70. The van der Waals surface area contributed by atoms with Gasteiger partial charge < -0.3 is 20.3 Å². The summed E-state index contributed by atoms with van der Waals surface area (Å²) in [5, 5.41) is 28.7. The Morgan fingerprint density at radius 1 is 1.20 bits per heavy atom. The van der Waals surface area contributed by atoms with E-state index in [-0.39, 0.29) is 0 Å². The van der Waals surface area contributed by atoms with Crippen LogP contribution in [0.4, 0.5) is 0 Å². The van der Waals surface area contributed by atoms with Crippen molar-refractivity contribution in [1.82, 2.24) is 4.98 Å². The van der Waals surface area contributed by atoms with E-state index in [1.165, 1.54) is 0 Å². The number of aliphatic hydroxyl groups is 3. The van der Waals surface area contributed by atoms with Gasteiger partial charge in [-0.1, -0.05) is 18.2 Å². The summed E-state index contributed by atoms with van der Waals surface area (Å²) in [6.45, 7) is -0.458. The molecular weight excluding hydrogens is 194 g/mol. The Hall–Kier alpha value is -1.36. The highest BCUT2D eigenvalue weighted by atomic mass is 16.4. The Kier molecular flexibility index (Phi) is 2.73. The van der Waals surface area contributed by atoms with Gasteiger partial charge in [-0.25, -0.2) is 0 Å². The van der Waals surface area contributed by atoms with Crippen molar-refractivity contribution in [3.05, 3.63) is 36.0 Å². The van der Waals surface area contributed by atoms with Crippen molar-refractivity contribution in [3.8, 4) is 0 Å². The van der Waals surface area contributed by atoms with Crippen molar-refractivity contribution in [1.29, 1.82) is 0 Å². The van der Waals surface area contributed by atoms with Gasteiger partial charge in [0.05, 0.1) is 6.61 Å². The summed E-state index contributed by atoms with van der Waals surface area (Å²) in [5.74, 6) is 0. The van der Waals surface area contributed by atoms with Crippen LogP contribution in [0.15, 0.2) is 30.5 Å². The van der Waals surface area contributed by atoms with Gasteiger partial charge in [0, 0.05) is 22.7 Å². The highest BCUT2D eigenvalue weighted by Crippen LogP contribution is 2.25. The fraction of sp³-hybridized carbons (Fsp3) is 0.273. The fourth-order valence-electron chi connectivity index (χ4n) is 1.65. The van der Waals surface area contributed by atoms with Crippen LogP contribution in [-0.4, -0.2) is 33.0 Å². The molecule has 80 valence electrons. The standard InChI is InChI=1S/C11H13NO3/c13-6-10(14)11(15)8-5-12-9-4-2-1-3-7(8)9/h1-5,10-15H,6H2. The number of aromatic nitrogens is 1. The van der Waals surface area contributed by atoms with Crippen LogP contribution in [0.2, 0.25) is 0 Å². The first-order valence-electron chi connectivity index (χ1n) is 4.77. The number of fused-ring (bicyclic) bond motifs is 1. The molecule has 0 radical (unpaired) electrons. The zero-order valence-corrected chi connectivity index (χ0v) is 8.09. The molecule has 1 aromatic heterocycles. The summed E-state index contributed by atoms with van der Waals surface area (Å²) in [7, 11) is 0. The lowest BCUT2D eigenvalue weighted by atomic mass is 10.0. The summed E-state index contributed by atoms with van der Waals surface area (Å²) < 4.78 is 0. The van der Waals surface area contributed by atoms with Crippen LogP contribution < -0.4 is 0 Å². The quantitative estimate of drug-likeness (QED) is 0.593. The van der Waals surface area contributed by atoms with Gasteiger partial charge >= 0.3 is 0 Å². The van der Waals surface area contributed by atoms with Gasteiger partial charge in [0.1, 0.15) is 12.2 Å². The molecule has 0 aliphatic heterocycles. The zero-order chi connectivity index (χ0) is 10.8. The molecule has 2 aromatic rings. The van der Waals surface area contributed by atoms with Gasteiger partial charge in [-0.3, -0.25) is 0 Å². The van der Waals surface area contributed by atoms with Crippen LogP contribution in [0.3, 0.4) is 0 Å². The molecular formula is C11H13NO3. The van der Waals surface area contributed by atoms with E-state index in [4.69, 9.17) is 5.11 Å². The van der Waals surface area contributed by atoms with E-state index in [2.05, 4.69) is 4.98 Å². The third kappa shape index (κ3) is 1.74. The Morgan fingerprint density at radius 2 is 1.93 bits per heavy atom. The van der Waals surface area contributed by atoms with Crippen LogP contribution in [0.25, 0.3) is 10.9 Å². The normalized spacial score (nSPS) is 15.4. The molecule has 4 N–H and O–H groups in total. The summed E-state index contributed by atoms with van der Waals surface area (Å²) in [5.41, 5.74) is 1.50. The van der Waals surface area contributed by atoms with E-state index in [0.29, 0.717) is 5.56 Å². The predicted molar refractivity (Wildman–Crippen MR) is 56.4 cm³/mol. The topological polar surface area (TPSA) is 76.5 Å². The van der Waals surface area contributed by atoms with Gasteiger partial charge in [0.25, 0.3) is 0 Å². The first kappa shape index (κ1) is 10.2. The van der Waals surface area contributed by atoms with Crippen molar-refractivity contribution < 1.29 is 15.3 Å². The minimum Gasteiger partial charge on any atom is -0.394 e. The molecule has 0 aliphatic carbocycles. The lowest BCUT2D eigenvalue weighted by Gasteiger charge is -2.14. The maximum atomic E-state index is 9.75. The number of H-pyrrole nitrogens is 1. The molecule has 2 atom stereocenters. The number of hydrogen-bond acceptors (Lipinski definition) is 3. The van der Waals surface area contributed by atoms with Crippen LogP contribution in [-0.2, 0) is 0 Å². The number of para-hydroxylation sites is 1. The van der Waals surface area contributed by atoms with Crippen LogP contribution in [0.5, 0.6) is 0 Å². The number of rotatable bonds is 3. The second kappa shape index (κ2) is 4.02. The summed E-state index contributed by atoms with van der Waals surface area (Å²) in [6.07, 6.45) is -0.566. The van der Waals surface area contributed by atoms with Gasteiger partial charge in [0.15, 0.2) is 0 Å². The first-order chi connectivity index (χ1) is 7.24. The molecule has 1 aromatic carbocycles. The monoisotopic (exact) mass is 207 g/mol. The van der Waals surface area contributed by atoms with Gasteiger partial charge in [-0.15, -0.1) is 0 Å². The molecule has 2 rings (SSSR count). The summed E-state index contributed by atoms with van der Waals surface area (Å²) in [6, 6.07) is 7.49. The molecule has 1 heterocycles.